The van der Waals surface area contributed by atoms with E-state index in [-0.39, 0.29) is 0 Å². The van der Waals surface area contributed by atoms with Crippen molar-refractivity contribution in [2.75, 3.05) is 16.5 Å². The topological polar surface area (TPSA) is 37.4 Å². The Morgan fingerprint density at radius 3 is 2.29 bits per heavy atom. The van der Waals surface area contributed by atoms with Crippen LogP contribution in [0.2, 0.25) is 0 Å². The maximum atomic E-state index is 13.5. The number of alkyl halides is 2. The first kappa shape index (κ1) is 14.2. The van der Waals surface area contributed by atoms with E-state index in [4.69, 9.17) is 0 Å². The van der Waals surface area contributed by atoms with E-state index in [1.165, 1.54) is 24.5 Å². The number of benzene rings is 1. The van der Waals surface area contributed by atoms with Gasteiger partial charge in [0.05, 0.1) is 11.4 Å². The molecular formula is C9H10F3NO2S2. The molecule has 17 heavy (non-hydrogen) atoms. The van der Waals surface area contributed by atoms with Gasteiger partial charge in [-0.1, -0.05) is 27.2 Å². The van der Waals surface area contributed by atoms with Gasteiger partial charge in [-0.15, -0.1) is 0 Å². The molecule has 0 saturated heterocycles. The second-order valence-corrected chi connectivity index (χ2v) is 5.86. The van der Waals surface area contributed by atoms with Crippen LogP contribution in [-0.4, -0.2) is 25.7 Å². The molecule has 0 atom stereocenters. The number of rotatable bonds is 5. The average Bonchev–Trinajstić information content (AvgIpc) is 2.29. The van der Waals surface area contributed by atoms with E-state index in [2.05, 4.69) is 0 Å². The van der Waals surface area contributed by atoms with Gasteiger partial charge in [0.2, 0.25) is 0 Å². The summed E-state index contributed by atoms with van der Waals surface area (Å²) in [5.41, 5.74) is -0.451. The van der Waals surface area contributed by atoms with Crippen molar-refractivity contribution in [3.8, 4) is 0 Å². The van der Waals surface area contributed by atoms with Crippen LogP contribution in [0.1, 0.15) is 0 Å². The SMILES string of the molecule is CSCC(F)(F)S(=O)(=O)N(F)c1ccccc1. The highest BCUT2D eigenvalue weighted by molar-refractivity contribution is 8.00. The highest BCUT2D eigenvalue weighted by atomic mass is 32.2. The minimum atomic E-state index is -5.34. The normalized spacial score (nSPS) is 12.5. The first-order valence-corrected chi connectivity index (χ1v) is 7.29. The maximum absolute atomic E-state index is 13.5. The van der Waals surface area contributed by atoms with Gasteiger partial charge >= 0.3 is 15.3 Å². The van der Waals surface area contributed by atoms with Crippen LogP contribution in [0.5, 0.6) is 0 Å². The number of halogens is 3. The fourth-order valence-corrected chi connectivity index (χ4v) is 2.96. The quantitative estimate of drug-likeness (QED) is 0.781. The Balaban J connectivity index is 3.07. The molecule has 3 nitrogen and oxygen atoms in total. The second-order valence-electron chi connectivity index (χ2n) is 3.13. The zero-order valence-electron chi connectivity index (χ0n) is 8.81. The molecule has 8 heteroatoms. The monoisotopic (exact) mass is 285 g/mol. The molecular weight excluding hydrogens is 275 g/mol. The average molecular weight is 285 g/mol. The van der Waals surface area contributed by atoms with Crippen LogP contribution >= 0.6 is 11.8 Å². The lowest BCUT2D eigenvalue weighted by Gasteiger charge is -2.20. The van der Waals surface area contributed by atoms with Crippen molar-refractivity contribution < 1.29 is 21.7 Å². The smallest absolute Gasteiger partial charge is 0.198 e. The van der Waals surface area contributed by atoms with Gasteiger partial charge in [0, 0.05) is 0 Å². The number of nitrogens with zero attached hydrogens (tertiary/aromatic N) is 1. The standard InChI is InChI=1S/C9H10F3NO2S2/c1-16-7-9(10,11)17(14,15)13(12)8-5-3-2-4-6-8/h2-6H,7H2,1H3. The summed E-state index contributed by atoms with van der Waals surface area (Å²) >= 11 is 0.626. The van der Waals surface area contributed by atoms with Crippen molar-refractivity contribution in [2.24, 2.45) is 0 Å². The van der Waals surface area contributed by atoms with Gasteiger partial charge in [0.25, 0.3) is 0 Å². The molecule has 0 N–H and O–H groups in total. The number of para-hydroxylation sites is 1. The molecule has 0 unspecified atom stereocenters. The minimum Gasteiger partial charge on any atom is -0.198 e. The Hall–Kier alpha value is -0.890. The van der Waals surface area contributed by atoms with Gasteiger partial charge in [0.15, 0.2) is 0 Å². The molecule has 0 aromatic heterocycles. The number of hydrogen-bond donors (Lipinski definition) is 0. The number of anilines is 1. The van der Waals surface area contributed by atoms with Gasteiger partial charge in [-0.25, -0.2) is 0 Å². The zero-order chi connectivity index (χ0) is 13.1. The fraction of sp³-hybridized carbons (Fsp3) is 0.333. The van der Waals surface area contributed by atoms with E-state index in [9.17, 15) is 21.7 Å². The molecule has 0 spiro atoms. The summed E-state index contributed by atoms with van der Waals surface area (Å²) in [7, 11) is -5.34. The van der Waals surface area contributed by atoms with E-state index in [0.29, 0.717) is 11.8 Å². The van der Waals surface area contributed by atoms with Crippen molar-refractivity contribution in [3.63, 3.8) is 0 Å². The van der Waals surface area contributed by atoms with Gasteiger partial charge in [-0.05, 0) is 18.4 Å². The Morgan fingerprint density at radius 1 is 1.29 bits per heavy atom. The molecule has 1 rings (SSSR count). The molecule has 0 heterocycles. The maximum Gasteiger partial charge on any atom is 0.375 e. The summed E-state index contributed by atoms with van der Waals surface area (Å²) in [4.78, 5) is 0. The summed E-state index contributed by atoms with van der Waals surface area (Å²) < 4.78 is 61.8. The van der Waals surface area contributed by atoms with E-state index in [1.54, 1.807) is 0 Å². The molecule has 0 radical (unpaired) electrons. The first-order chi connectivity index (χ1) is 7.83. The van der Waals surface area contributed by atoms with Crippen LogP contribution in [0.15, 0.2) is 30.3 Å². The molecule has 1 aromatic carbocycles. The largest absolute Gasteiger partial charge is 0.375 e. The molecule has 0 aliphatic heterocycles. The van der Waals surface area contributed by atoms with Gasteiger partial charge in [0.1, 0.15) is 0 Å². The third kappa shape index (κ3) is 2.86. The van der Waals surface area contributed by atoms with Crippen molar-refractivity contribution in [3.05, 3.63) is 30.3 Å². The molecule has 0 fully saturated rings. The molecule has 96 valence electrons. The Kier molecular flexibility index (Phi) is 4.31. The van der Waals surface area contributed by atoms with Crippen LogP contribution in [0.4, 0.5) is 18.9 Å². The van der Waals surface area contributed by atoms with Crippen LogP contribution in [0.3, 0.4) is 0 Å². The van der Waals surface area contributed by atoms with E-state index in [1.807, 2.05) is 0 Å². The Bertz CT molecular complexity index is 464. The molecule has 0 amide bonds. The lowest BCUT2D eigenvalue weighted by molar-refractivity contribution is 0.117. The lowest BCUT2D eigenvalue weighted by Crippen LogP contribution is -2.40. The van der Waals surface area contributed by atoms with Crippen LogP contribution in [0.25, 0.3) is 0 Å². The van der Waals surface area contributed by atoms with Gasteiger partial charge in [-0.3, -0.25) is 0 Å². The van der Waals surface area contributed by atoms with Crippen LogP contribution in [-0.2, 0) is 10.0 Å². The molecule has 0 saturated carbocycles. The minimum absolute atomic E-state index is 0.451. The van der Waals surface area contributed by atoms with E-state index in [0.717, 1.165) is 12.1 Å². The molecule has 0 aliphatic carbocycles. The van der Waals surface area contributed by atoms with Crippen molar-refractivity contribution >= 4 is 27.5 Å². The molecule has 1 aromatic rings. The number of hydrogen-bond acceptors (Lipinski definition) is 3. The summed E-state index contributed by atoms with van der Waals surface area (Å²) in [6.45, 7) is 0. The molecule has 0 bridgehead atoms. The molecule has 0 aliphatic rings. The highest BCUT2D eigenvalue weighted by Gasteiger charge is 2.49. The number of thioether (sulfide) groups is 1. The Labute approximate surface area is 102 Å². The third-order valence-electron chi connectivity index (χ3n) is 1.86. The van der Waals surface area contributed by atoms with Gasteiger partial charge in [-0.2, -0.15) is 29.0 Å². The number of sulfonamides is 1. The lowest BCUT2D eigenvalue weighted by atomic mass is 10.3. The third-order valence-corrected chi connectivity index (χ3v) is 4.23. The van der Waals surface area contributed by atoms with Crippen molar-refractivity contribution in [2.45, 2.75) is 5.25 Å². The van der Waals surface area contributed by atoms with Gasteiger partial charge < -0.3 is 0 Å². The first-order valence-electron chi connectivity index (χ1n) is 4.45. The second kappa shape index (κ2) is 5.18. The summed E-state index contributed by atoms with van der Waals surface area (Å²) in [6, 6.07) is 6.40. The summed E-state index contributed by atoms with van der Waals surface area (Å²) in [5.74, 6) is -0.997. The van der Waals surface area contributed by atoms with E-state index >= 15 is 0 Å². The van der Waals surface area contributed by atoms with Crippen molar-refractivity contribution in [1.29, 1.82) is 0 Å². The summed E-state index contributed by atoms with van der Waals surface area (Å²) in [5, 5.41) is -4.14. The predicted molar refractivity (Wildman–Crippen MR) is 62.3 cm³/mol. The zero-order valence-corrected chi connectivity index (χ0v) is 10.4. The van der Waals surface area contributed by atoms with Crippen LogP contribution < -0.4 is 4.53 Å². The highest BCUT2D eigenvalue weighted by Crippen LogP contribution is 2.32. The summed E-state index contributed by atoms with van der Waals surface area (Å²) in [6.07, 6.45) is 1.31. The van der Waals surface area contributed by atoms with E-state index < -0.39 is 31.2 Å². The van der Waals surface area contributed by atoms with Crippen LogP contribution in [0, 0.1) is 0 Å². The fourth-order valence-electron chi connectivity index (χ4n) is 1.04. The Morgan fingerprint density at radius 2 is 1.82 bits per heavy atom. The predicted octanol–water partition coefficient (Wildman–Crippen LogP) is 2.66. The van der Waals surface area contributed by atoms with Crippen molar-refractivity contribution in [1.82, 2.24) is 0 Å².